The topological polar surface area (TPSA) is 130 Å². The van der Waals surface area contributed by atoms with Crippen LogP contribution >= 0.6 is 0 Å². The summed E-state index contributed by atoms with van der Waals surface area (Å²) in [7, 11) is 0. The van der Waals surface area contributed by atoms with Crippen molar-refractivity contribution in [3.63, 3.8) is 0 Å². The van der Waals surface area contributed by atoms with E-state index in [-0.39, 0.29) is 12.3 Å². The highest BCUT2D eigenvalue weighted by Gasteiger charge is 2.35. The van der Waals surface area contributed by atoms with E-state index in [1.165, 1.54) is 0 Å². The van der Waals surface area contributed by atoms with Gasteiger partial charge < -0.3 is 35.1 Å². The van der Waals surface area contributed by atoms with Crippen LogP contribution in [0.3, 0.4) is 0 Å². The summed E-state index contributed by atoms with van der Waals surface area (Å²) in [4.78, 5) is 29.3. The summed E-state index contributed by atoms with van der Waals surface area (Å²) in [6.07, 6.45) is -1.25. The number of rotatable bonds is 14. The SMILES string of the molecule is CC(C)(C)OC(=O)N[C@@H](Cc1ccccc1)[C@@H](O)C[C@@H](Cc1ccc(OCCN2CCOCC2)cc1)C(=O)N[C@H]1c2ccccc2C[C@H]1O. The second kappa shape index (κ2) is 17.1. The Hall–Kier alpha value is -3.96. The number of alkyl carbamates (subject to hydrolysis) is 1. The number of aliphatic hydroxyl groups is 2. The number of ether oxygens (including phenoxy) is 3. The van der Waals surface area contributed by atoms with Crippen LogP contribution in [0, 0.1) is 5.92 Å². The maximum atomic E-state index is 14.1. The highest BCUT2D eigenvalue weighted by Crippen LogP contribution is 2.32. The van der Waals surface area contributed by atoms with Crippen LogP contribution in [0.2, 0.25) is 0 Å². The molecule has 0 bridgehead atoms. The van der Waals surface area contributed by atoms with Crippen molar-refractivity contribution in [1.82, 2.24) is 15.5 Å². The summed E-state index contributed by atoms with van der Waals surface area (Å²) in [5.41, 5.74) is 3.02. The number of benzene rings is 3. The van der Waals surface area contributed by atoms with E-state index in [4.69, 9.17) is 14.2 Å². The van der Waals surface area contributed by atoms with E-state index >= 15 is 0 Å². The van der Waals surface area contributed by atoms with Gasteiger partial charge in [-0.2, -0.15) is 0 Å². The van der Waals surface area contributed by atoms with Gasteiger partial charge in [0.1, 0.15) is 18.0 Å². The smallest absolute Gasteiger partial charge is 0.407 e. The molecule has 0 spiro atoms. The zero-order chi connectivity index (χ0) is 34.8. The Labute approximate surface area is 289 Å². The fourth-order valence-corrected chi connectivity index (χ4v) is 6.49. The highest BCUT2D eigenvalue weighted by molar-refractivity contribution is 5.80. The zero-order valence-electron chi connectivity index (χ0n) is 28.8. The quantitative estimate of drug-likeness (QED) is 0.200. The fraction of sp³-hybridized carbons (Fsp3) is 0.487. The Morgan fingerprint density at radius 3 is 2.33 bits per heavy atom. The molecule has 49 heavy (non-hydrogen) atoms. The predicted molar refractivity (Wildman–Crippen MR) is 187 cm³/mol. The molecule has 10 nitrogen and oxygen atoms in total. The van der Waals surface area contributed by atoms with Gasteiger partial charge >= 0.3 is 6.09 Å². The minimum absolute atomic E-state index is 0.0708. The van der Waals surface area contributed by atoms with Crippen molar-refractivity contribution >= 4 is 12.0 Å². The lowest BCUT2D eigenvalue weighted by Crippen LogP contribution is -2.48. The summed E-state index contributed by atoms with van der Waals surface area (Å²) in [6.45, 7) is 10.0. The van der Waals surface area contributed by atoms with E-state index in [9.17, 15) is 19.8 Å². The van der Waals surface area contributed by atoms with Crippen LogP contribution in [-0.2, 0) is 33.5 Å². The van der Waals surface area contributed by atoms with Gasteiger partial charge in [0.05, 0.1) is 37.5 Å². The van der Waals surface area contributed by atoms with Crippen LogP contribution in [0.1, 0.15) is 55.5 Å². The van der Waals surface area contributed by atoms with E-state index < -0.39 is 41.9 Å². The van der Waals surface area contributed by atoms with Crippen LogP contribution in [-0.4, -0.2) is 90.4 Å². The van der Waals surface area contributed by atoms with Gasteiger partial charge in [-0.05, 0) is 74.4 Å². The largest absolute Gasteiger partial charge is 0.492 e. The normalized spacial score (nSPS) is 19.7. The number of hydrogen-bond donors (Lipinski definition) is 4. The minimum Gasteiger partial charge on any atom is -0.492 e. The third-order valence-electron chi connectivity index (χ3n) is 9.05. The second-order valence-corrected chi connectivity index (χ2v) is 14.0. The molecule has 0 saturated carbocycles. The molecule has 10 heteroatoms. The molecule has 2 amide bonds. The molecule has 0 radical (unpaired) electrons. The molecule has 1 heterocycles. The summed E-state index contributed by atoms with van der Waals surface area (Å²) in [5.74, 6) is -0.198. The van der Waals surface area contributed by atoms with E-state index in [1.54, 1.807) is 20.8 Å². The second-order valence-electron chi connectivity index (χ2n) is 14.0. The first-order valence-corrected chi connectivity index (χ1v) is 17.3. The highest BCUT2D eigenvalue weighted by atomic mass is 16.6. The van der Waals surface area contributed by atoms with Crippen molar-refractivity contribution < 1.29 is 34.0 Å². The number of amides is 2. The third kappa shape index (κ3) is 11.0. The molecular formula is C39H51N3O7. The number of morpholine rings is 1. The molecule has 5 rings (SSSR count). The van der Waals surface area contributed by atoms with Crippen molar-refractivity contribution in [1.29, 1.82) is 0 Å². The van der Waals surface area contributed by atoms with Crippen LogP contribution in [0.5, 0.6) is 5.75 Å². The Kier molecular flexibility index (Phi) is 12.7. The molecule has 1 saturated heterocycles. The molecule has 2 aliphatic rings. The first kappa shape index (κ1) is 36.3. The summed E-state index contributed by atoms with van der Waals surface area (Å²) in [6, 6.07) is 23.7. The number of hydrogen-bond acceptors (Lipinski definition) is 8. The van der Waals surface area contributed by atoms with Crippen molar-refractivity contribution in [2.75, 3.05) is 39.5 Å². The maximum Gasteiger partial charge on any atom is 0.407 e. The number of fused-ring (bicyclic) bond motifs is 1. The third-order valence-corrected chi connectivity index (χ3v) is 9.05. The van der Waals surface area contributed by atoms with Gasteiger partial charge in [0, 0.05) is 32.0 Å². The van der Waals surface area contributed by atoms with Crippen LogP contribution < -0.4 is 15.4 Å². The monoisotopic (exact) mass is 673 g/mol. The molecule has 5 atom stereocenters. The van der Waals surface area contributed by atoms with Gasteiger partial charge in [-0.1, -0.05) is 66.7 Å². The molecule has 0 unspecified atom stereocenters. The zero-order valence-corrected chi connectivity index (χ0v) is 28.8. The van der Waals surface area contributed by atoms with Crippen molar-refractivity contribution in [2.45, 2.75) is 76.3 Å². The molecule has 1 fully saturated rings. The average Bonchev–Trinajstić information content (AvgIpc) is 3.39. The molecule has 1 aliphatic heterocycles. The number of nitrogens with one attached hydrogen (secondary N) is 2. The van der Waals surface area contributed by atoms with E-state index in [1.807, 2.05) is 78.9 Å². The van der Waals surface area contributed by atoms with Crippen molar-refractivity contribution in [3.05, 3.63) is 101 Å². The van der Waals surface area contributed by atoms with Crippen LogP contribution in [0.4, 0.5) is 4.79 Å². The molecule has 264 valence electrons. The fourth-order valence-electron chi connectivity index (χ4n) is 6.49. The molecule has 1 aliphatic carbocycles. The number of nitrogens with zero attached hydrogens (tertiary/aromatic N) is 1. The Bertz CT molecular complexity index is 1490. The van der Waals surface area contributed by atoms with Crippen molar-refractivity contribution in [3.8, 4) is 5.75 Å². The molecule has 3 aromatic rings. The maximum absolute atomic E-state index is 14.1. The molecule has 3 aromatic carbocycles. The lowest BCUT2D eigenvalue weighted by atomic mass is 9.88. The minimum atomic E-state index is -1.08. The Morgan fingerprint density at radius 1 is 0.939 bits per heavy atom. The number of aliphatic hydroxyl groups excluding tert-OH is 2. The first-order chi connectivity index (χ1) is 23.5. The van der Waals surface area contributed by atoms with Gasteiger partial charge in [0.25, 0.3) is 0 Å². The van der Waals surface area contributed by atoms with E-state index in [0.29, 0.717) is 25.9 Å². The standard InChI is InChI=1S/C39H51N3O7/c1-39(2,3)49-38(46)40-33(24-27-9-5-4-6-10-27)34(43)26-30(37(45)41-36-32-12-8-7-11-29(32)25-35(36)44)23-28-13-15-31(16-14-28)48-22-19-42-17-20-47-21-18-42/h4-16,30,33-36,43-44H,17-26H2,1-3H3,(H,40,46)(H,41,45)/t30-,33+,34+,35-,36+/m1/s1. The first-order valence-electron chi connectivity index (χ1n) is 17.3. The van der Waals surface area contributed by atoms with Crippen molar-refractivity contribution in [2.24, 2.45) is 5.92 Å². The summed E-state index contributed by atoms with van der Waals surface area (Å²) < 4.78 is 16.9. The van der Waals surface area contributed by atoms with E-state index in [0.717, 1.165) is 60.9 Å². The van der Waals surface area contributed by atoms with Gasteiger partial charge in [0.15, 0.2) is 0 Å². The number of carbonyl (C=O) groups excluding carboxylic acids is 2. The van der Waals surface area contributed by atoms with Crippen LogP contribution in [0.25, 0.3) is 0 Å². The lowest BCUT2D eigenvalue weighted by Gasteiger charge is -2.30. The molecule has 4 N–H and O–H groups in total. The van der Waals surface area contributed by atoms with E-state index in [2.05, 4.69) is 15.5 Å². The Morgan fingerprint density at radius 2 is 1.61 bits per heavy atom. The van der Waals surface area contributed by atoms with Gasteiger partial charge in [-0.15, -0.1) is 0 Å². The van der Waals surface area contributed by atoms with Gasteiger partial charge in [-0.25, -0.2) is 4.79 Å². The van der Waals surface area contributed by atoms with Gasteiger partial charge in [-0.3, -0.25) is 9.69 Å². The number of carbonyl (C=O) groups is 2. The Balaban J connectivity index is 1.31. The summed E-state index contributed by atoms with van der Waals surface area (Å²) >= 11 is 0. The predicted octanol–water partition coefficient (Wildman–Crippen LogP) is 4.22. The van der Waals surface area contributed by atoms with Gasteiger partial charge in [0.2, 0.25) is 5.91 Å². The molecule has 0 aromatic heterocycles. The average molecular weight is 674 g/mol. The molecular weight excluding hydrogens is 622 g/mol. The van der Waals surface area contributed by atoms with Crippen LogP contribution in [0.15, 0.2) is 78.9 Å². The summed E-state index contributed by atoms with van der Waals surface area (Å²) in [5, 5.41) is 28.6. The lowest BCUT2D eigenvalue weighted by molar-refractivity contribution is -0.127.